The number of nitrogens with one attached hydrogen (secondary N) is 1. The maximum Gasteiger partial charge on any atom is 1.00 e. The van der Waals surface area contributed by atoms with Crippen LogP contribution >= 0.6 is 0 Å². The van der Waals surface area contributed by atoms with Crippen molar-refractivity contribution in [1.82, 2.24) is 15.0 Å². The van der Waals surface area contributed by atoms with Crippen molar-refractivity contribution in [3.63, 3.8) is 0 Å². The summed E-state index contributed by atoms with van der Waals surface area (Å²) >= 11 is 0. The van der Waals surface area contributed by atoms with Crippen LogP contribution in [0.5, 0.6) is 5.75 Å². The quantitative estimate of drug-likeness (QED) is 0.156. The molecule has 0 saturated heterocycles. The minimum Gasteiger partial charge on any atom is -0.550 e. The van der Waals surface area contributed by atoms with Gasteiger partial charge in [0.05, 0.1) is 30.5 Å². The summed E-state index contributed by atoms with van der Waals surface area (Å²) in [6.07, 6.45) is -4.97. The molecule has 1 aromatic heterocycles. The van der Waals surface area contributed by atoms with Gasteiger partial charge in [-0.2, -0.15) is 17.9 Å². The predicted octanol–water partition coefficient (Wildman–Crippen LogP) is 2.77. The number of carboxylic acids is 1. The molecule has 0 saturated carbocycles. The van der Waals surface area contributed by atoms with E-state index in [0.717, 1.165) is 27.9 Å². The average molecular weight is 630 g/mol. The fourth-order valence-electron chi connectivity index (χ4n) is 4.57. The molecule has 4 rings (SSSR count). The summed E-state index contributed by atoms with van der Waals surface area (Å²) < 4.78 is 90.3. The molecular weight excluding hydrogens is 600 g/mol. The minimum atomic E-state index is -4.87. The van der Waals surface area contributed by atoms with Gasteiger partial charge < -0.3 is 19.2 Å². The molecule has 230 valence electrons. The van der Waals surface area contributed by atoms with Crippen LogP contribution in [0.3, 0.4) is 0 Å². The van der Waals surface area contributed by atoms with E-state index in [1.165, 1.54) is 32.2 Å². The standard InChI is InChI=1S/C30H30F5N3O5.Na/c1-19-28(21-12-7-15-25(41-3)27(21)32)42-38(29(2,20-10-5-4-6-11-20)36-17-9-16-26(39)40)43-37(19)18-22-23(30(33,34)35)13-8-14-24(22)31;/h4-8,10-15,36H,9,16-18H2,1-3H3,(H,39,40);/q;+1/p-1/t29-;/m1./s1. The fourth-order valence-corrected chi connectivity index (χ4v) is 4.57. The number of ether oxygens (including phenoxy) is 1. The van der Waals surface area contributed by atoms with Gasteiger partial charge in [-0.3, -0.25) is 9.95 Å². The Kier molecular flexibility index (Phi) is 11.5. The number of carbonyl (C=O) groups is 1. The first-order valence-corrected chi connectivity index (χ1v) is 13.2. The van der Waals surface area contributed by atoms with Crippen LogP contribution in [-0.2, 0) is 23.2 Å². The summed E-state index contributed by atoms with van der Waals surface area (Å²) in [6.45, 7) is 2.41. The third-order valence-electron chi connectivity index (χ3n) is 6.93. The molecule has 3 aromatic carbocycles. The number of aromatic nitrogens is 2. The van der Waals surface area contributed by atoms with Gasteiger partial charge >= 0.3 is 35.7 Å². The van der Waals surface area contributed by atoms with Crippen LogP contribution in [0.1, 0.15) is 42.1 Å². The third-order valence-corrected chi connectivity index (χ3v) is 6.93. The Labute approximate surface area is 271 Å². The number of methoxy groups -OCH3 is 1. The van der Waals surface area contributed by atoms with E-state index in [2.05, 4.69) is 5.32 Å². The number of hydrogen-bond donors (Lipinski definition) is 1. The van der Waals surface area contributed by atoms with Gasteiger partial charge in [-0.05, 0) is 68.0 Å². The van der Waals surface area contributed by atoms with Gasteiger partial charge in [0.15, 0.2) is 23.0 Å². The molecule has 0 bridgehead atoms. The number of rotatable bonds is 11. The number of hydrogen-bond acceptors (Lipinski definition) is 6. The van der Waals surface area contributed by atoms with Crippen molar-refractivity contribution in [3.05, 3.63) is 101 Å². The zero-order valence-electron chi connectivity index (χ0n) is 24.5. The van der Waals surface area contributed by atoms with E-state index < -0.39 is 47.1 Å². The Balaban J connectivity index is 0.00000529. The van der Waals surface area contributed by atoms with Gasteiger partial charge in [-0.25, -0.2) is 8.78 Å². The van der Waals surface area contributed by atoms with Crippen LogP contribution in [0, 0.1) is 18.6 Å². The molecule has 0 unspecified atom stereocenters. The molecule has 0 aliphatic carbocycles. The Bertz CT molecular complexity index is 1630. The molecular formula is C30H29F5N3NaO5. The van der Waals surface area contributed by atoms with E-state index in [1.54, 1.807) is 37.3 Å². The molecule has 4 aromatic rings. The molecule has 0 aliphatic heterocycles. The van der Waals surface area contributed by atoms with E-state index in [4.69, 9.17) is 13.9 Å². The number of benzene rings is 3. The van der Waals surface area contributed by atoms with Crippen molar-refractivity contribution < 1.29 is 75.3 Å². The first-order valence-electron chi connectivity index (χ1n) is 13.2. The van der Waals surface area contributed by atoms with Crippen LogP contribution in [0.4, 0.5) is 22.0 Å². The zero-order chi connectivity index (χ0) is 31.4. The van der Waals surface area contributed by atoms with Gasteiger partial charge in [0.1, 0.15) is 5.82 Å². The summed E-state index contributed by atoms with van der Waals surface area (Å²) in [5.41, 5.74) is -2.88. The Hall–Kier alpha value is -3.52. The SMILES string of the molecule is COc1cccc(-c2on([C@@](C)(NCCCC(=O)[O-])c3ccccc3)on(Cc3c(F)cccc3C(F)(F)F)c2C)c1F.[Na+]. The first-order chi connectivity index (χ1) is 20.4. The first kappa shape index (κ1) is 35.0. The van der Waals surface area contributed by atoms with Crippen molar-refractivity contribution in [1.29, 1.82) is 0 Å². The summed E-state index contributed by atoms with van der Waals surface area (Å²) in [4.78, 5) is 11.9. The monoisotopic (exact) mass is 629 g/mol. The molecule has 0 spiro atoms. The summed E-state index contributed by atoms with van der Waals surface area (Å²) in [7, 11) is 1.27. The molecule has 1 heterocycles. The topological polar surface area (TPSA) is 97.5 Å². The molecule has 1 atom stereocenters. The molecule has 0 aliphatic rings. The molecule has 0 radical (unpaired) electrons. The second-order valence-electron chi connectivity index (χ2n) is 9.81. The number of alkyl halides is 3. The maximum absolute atomic E-state index is 15.5. The molecule has 44 heavy (non-hydrogen) atoms. The predicted molar refractivity (Wildman–Crippen MR) is 143 cm³/mol. The van der Waals surface area contributed by atoms with Crippen LogP contribution in [-0.4, -0.2) is 29.3 Å². The summed E-state index contributed by atoms with van der Waals surface area (Å²) in [5.74, 6) is -3.45. The average Bonchev–Trinajstić information content (AvgIpc) is 2.97. The summed E-state index contributed by atoms with van der Waals surface area (Å²) in [5, 5.41) is 14.1. The number of aliphatic carboxylic acids is 1. The maximum atomic E-state index is 15.5. The van der Waals surface area contributed by atoms with Gasteiger partial charge in [0.25, 0.3) is 0 Å². The Morgan fingerprint density at radius 3 is 2.34 bits per heavy atom. The fraction of sp³-hybridized carbons (Fsp3) is 0.300. The normalized spacial score (nSPS) is 12.7. The second kappa shape index (κ2) is 14.5. The van der Waals surface area contributed by atoms with Crippen LogP contribution in [0.25, 0.3) is 11.3 Å². The minimum absolute atomic E-state index is 0. The van der Waals surface area contributed by atoms with Gasteiger partial charge in [-0.1, -0.05) is 42.5 Å². The smallest absolute Gasteiger partial charge is 0.550 e. The Morgan fingerprint density at radius 2 is 1.70 bits per heavy atom. The number of carbonyl (C=O) groups excluding carboxylic acids is 1. The van der Waals surface area contributed by atoms with E-state index in [9.17, 15) is 27.5 Å². The molecule has 0 amide bonds. The van der Waals surface area contributed by atoms with Crippen LogP contribution in [0.15, 0.2) is 75.9 Å². The Morgan fingerprint density at radius 1 is 1.02 bits per heavy atom. The van der Waals surface area contributed by atoms with Crippen molar-refractivity contribution >= 4 is 5.97 Å². The van der Waals surface area contributed by atoms with Crippen molar-refractivity contribution in [2.45, 2.75) is 45.1 Å². The number of nitrogens with zero attached hydrogens (tertiary/aromatic N) is 2. The van der Waals surface area contributed by atoms with E-state index in [1.807, 2.05) is 0 Å². The number of carboxylic acid groups (broad SMARTS) is 1. The number of halogens is 5. The van der Waals surface area contributed by atoms with Crippen molar-refractivity contribution in [2.24, 2.45) is 0 Å². The van der Waals surface area contributed by atoms with E-state index >= 15 is 4.39 Å². The van der Waals surface area contributed by atoms with Crippen molar-refractivity contribution in [2.75, 3.05) is 13.7 Å². The largest absolute Gasteiger partial charge is 1.00 e. The third kappa shape index (κ3) is 7.57. The molecule has 0 fully saturated rings. The second-order valence-corrected chi connectivity index (χ2v) is 9.81. The van der Waals surface area contributed by atoms with Gasteiger partial charge in [0, 0.05) is 11.5 Å². The van der Waals surface area contributed by atoms with Crippen LogP contribution in [0.2, 0.25) is 0 Å². The molecule has 8 nitrogen and oxygen atoms in total. The van der Waals surface area contributed by atoms with Crippen molar-refractivity contribution in [3.8, 4) is 17.1 Å². The van der Waals surface area contributed by atoms with E-state index in [0.29, 0.717) is 5.56 Å². The zero-order valence-corrected chi connectivity index (χ0v) is 26.5. The van der Waals surface area contributed by atoms with Gasteiger partial charge in [-0.15, -0.1) is 0 Å². The molecule has 1 N–H and O–H groups in total. The van der Waals surface area contributed by atoms with E-state index in [-0.39, 0.29) is 71.7 Å². The molecule has 14 heteroatoms. The summed E-state index contributed by atoms with van der Waals surface area (Å²) in [6, 6.07) is 15.5. The van der Waals surface area contributed by atoms with Crippen LogP contribution < -0.4 is 44.7 Å². The van der Waals surface area contributed by atoms with Gasteiger partial charge in [0.2, 0.25) is 0 Å².